The minimum Gasteiger partial charge on any atom is -0.286 e. The molecule has 19 heavy (non-hydrogen) atoms. The van der Waals surface area contributed by atoms with E-state index in [2.05, 4.69) is 27.7 Å². The van der Waals surface area contributed by atoms with Crippen molar-refractivity contribution in [3.8, 4) is 0 Å². The van der Waals surface area contributed by atoms with Gasteiger partial charge in [-0.05, 0) is 25.7 Å². The molecule has 2 saturated carbocycles. The van der Waals surface area contributed by atoms with Crippen molar-refractivity contribution in [2.24, 2.45) is 0 Å². The van der Waals surface area contributed by atoms with E-state index >= 15 is 0 Å². The molecule has 0 aromatic rings. The Morgan fingerprint density at radius 3 is 2.21 bits per heavy atom. The molecule has 2 N–H and O–H groups in total. The van der Waals surface area contributed by atoms with Crippen LogP contribution in [0.5, 0.6) is 0 Å². The maximum Gasteiger partial charge on any atom is 0.128 e. The van der Waals surface area contributed by atoms with Crippen LogP contribution in [-0.4, -0.2) is 42.0 Å². The molecule has 0 radical (unpaired) electrons. The summed E-state index contributed by atoms with van der Waals surface area (Å²) in [4.78, 5) is 2.66. The average Bonchev–Trinajstić information content (AvgIpc) is 2.82. The minimum absolute atomic E-state index is 0.371. The van der Waals surface area contributed by atoms with Crippen LogP contribution in [0.15, 0.2) is 0 Å². The Balaban J connectivity index is 1.57. The summed E-state index contributed by atoms with van der Waals surface area (Å²) in [5.74, 6) is 0. The van der Waals surface area contributed by atoms with E-state index in [0.717, 1.165) is 18.8 Å². The normalized spacial score (nSPS) is 33.0. The predicted molar refractivity (Wildman–Crippen MR) is 78.3 cm³/mol. The number of nitrogens with zero attached hydrogens (tertiary/aromatic N) is 2. The number of hydrazine groups is 1. The van der Waals surface area contributed by atoms with Gasteiger partial charge in [0.2, 0.25) is 0 Å². The number of nitrogens with one attached hydrogen (secondary N) is 2. The molecular weight excluding hydrogens is 236 g/mol. The van der Waals surface area contributed by atoms with E-state index in [0.29, 0.717) is 6.29 Å². The van der Waals surface area contributed by atoms with Gasteiger partial charge in [-0.25, -0.2) is 10.4 Å². The molecule has 1 aliphatic heterocycles. The second-order valence-electron chi connectivity index (χ2n) is 6.68. The van der Waals surface area contributed by atoms with Crippen LogP contribution in [0.2, 0.25) is 0 Å². The van der Waals surface area contributed by atoms with E-state index in [9.17, 15) is 0 Å². The molecule has 0 amide bonds. The predicted octanol–water partition coefficient (Wildman–Crippen LogP) is 2.23. The average molecular weight is 266 g/mol. The Hall–Kier alpha value is -0.160. The van der Waals surface area contributed by atoms with Crippen LogP contribution in [0.3, 0.4) is 0 Å². The van der Waals surface area contributed by atoms with Crippen molar-refractivity contribution in [3.05, 3.63) is 0 Å². The lowest BCUT2D eigenvalue weighted by molar-refractivity contribution is 0.0993. The SMILES string of the molecule is CN1CN(C2CCCCC2)C(NC2CCCCC2)N1. The first-order valence-corrected chi connectivity index (χ1v) is 8.32. The van der Waals surface area contributed by atoms with Crippen LogP contribution in [0.1, 0.15) is 64.2 Å². The molecule has 3 rings (SSSR count). The molecule has 0 aromatic carbocycles. The molecular formula is C15H30N4. The maximum absolute atomic E-state index is 3.87. The van der Waals surface area contributed by atoms with Crippen molar-refractivity contribution in [1.29, 1.82) is 0 Å². The smallest absolute Gasteiger partial charge is 0.128 e. The van der Waals surface area contributed by atoms with E-state index in [1.165, 1.54) is 64.2 Å². The molecule has 1 saturated heterocycles. The van der Waals surface area contributed by atoms with Crippen LogP contribution < -0.4 is 10.7 Å². The molecule has 0 spiro atoms. The van der Waals surface area contributed by atoms with Crippen LogP contribution in [0, 0.1) is 0 Å². The quantitative estimate of drug-likeness (QED) is 0.820. The Morgan fingerprint density at radius 2 is 1.53 bits per heavy atom. The van der Waals surface area contributed by atoms with Crippen molar-refractivity contribution in [2.45, 2.75) is 82.6 Å². The number of rotatable bonds is 3. The van der Waals surface area contributed by atoms with Crippen LogP contribution in [-0.2, 0) is 0 Å². The fraction of sp³-hybridized carbons (Fsp3) is 1.00. The van der Waals surface area contributed by atoms with Crippen molar-refractivity contribution in [1.82, 2.24) is 20.7 Å². The van der Waals surface area contributed by atoms with Crippen LogP contribution in [0.25, 0.3) is 0 Å². The minimum atomic E-state index is 0.371. The van der Waals surface area contributed by atoms with Crippen molar-refractivity contribution in [2.75, 3.05) is 13.7 Å². The van der Waals surface area contributed by atoms with E-state index < -0.39 is 0 Å². The summed E-state index contributed by atoms with van der Waals surface area (Å²) >= 11 is 0. The van der Waals surface area contributed by atoms with E-state index in [4.69, 9.17) is 0 Å². The largest absolute Gasteiger partial charge is 0.286 e. The van der Waals surface area contributed by atoms with Gasteiger partial charge in [0.15, 0.2) is 0 Å². The summed E-state index contributed by atoms with van der Waals surface area (Å²) in [7, 11) is 2.17. The Bertz CT molecular complexity index is 271. The second kappa shape index (κ2) is 6.53. The Labute approximate surface area is 117 Å². The molecule has 0 bridgehead atoms. The molecule has 110 valence electrons. The highest BCUT2D eigenvalue weighted by molar-refractivity contribution is 4.84. The van der Waals surface area contributed by atoms with Gasteiger partial charge in [-0.3, -0.25) is 10.2 Å². The van der Waals surface area contributed by atoms with E-state index in [1.807, 2.05) is 0 Å². The molecule has 2 aliphatic carbocycles. The first-order valence-electron chi connectivity index (χ1n) is 8.32. The van der Waals surface area contributed by atoms with Crippen molar-refractivity contribution < 1.29 is 0 Å². The van der Waals surface area contributed by atoms with Gasteiger partial charge in [-0.1, -0.05) is 38.5 Å². The molecule has 1 heterocycles. The van der Waals surface area contributed by atoms with E-state index in [1.54, 1.807) is 0 Å². The molecule has 3 fully saturated rings. The van der Waals surface area contributed by atoms with Gasteiger partial charge in [-0.15, -0.1) is 0 Å². The lowest BCUT2D eigenvalue weighted by Gasteiger charge is -2.36. The zero-order valence-electron chi connectivity index (χ0n) is 12.4. The molecule has 1 unspecified atom stereocenters. The molecule has 4 heteroatoms. The van der Waals surface area contributed by atoms with Gasteiger partial charge in [0.1, 0.15) is 6.29 Å². The van der Waals surface area contributed by atoms with Crippen molar-refractivity contribution >= 4 is 0 Å². The molecule has 1 atom stereocenters. The van der Waals surface area contributed by atoms with Crippen LogP contribution in [0.4, 0.5) is 0 Å². The maximum atomic E-state index is 3.87. The van der Waals surface area contributed by atoms with Gasteiger partial charge in [0.05, 0.1) is 6.67 Å². The summed E-state index contributed by atoms with van der Waals surface area (Å²) in [6.07, 6.45) is 14.4. The third-order valence-corrected chi connectivity index (χ3v) is 5.09. The standard InChI is InChI=1S/C15H30N4/c1-18-12-19(14-10-6-3-7-11-14)15(17-18)16-13-8-4-2-5-9-13/h13-17H,2-12H2,1H3. The fourth-order valence-electron chi connectivity index (χ4n) is 4.01. The summed E-state index contributed by atoms with van der Waals surface area (Å²) < 4.78 is 0. The zero-order chi connectivity index (χ0) is 13.1. The summed E-state index contributed by atoms with van der Waals surface area (Å²) in [6, 6.07) is 1.51. The summed E-state index contributed by atoms with van der Waals surface area (Å²) in [6.45, 7) is 1.06. The third kappa shape index (κ3) is 3.48. The topological polar surface area (TPSA) is 30.5 Å². The van der Waals surface area contributed by atoms with Gasteiger partial charge >= 0.3 is 0 Å². The lowest BCUT2D eigenvalue weighted by Crippen LogP contribution is -2.55. The summed E-state index contributed by atoms with van der Waals surface area (Å²) in [5, 5.41) is 6.11. The first kappa shape index (κ1) is 13.8. The first-order chi connectivity index (χ1) is 9.33. The Morgan fingerprint density at radius 1 is 0.895 bits per heavy atom. The molecule has 4 nitrogen and oxygen atoms in total. The second-order valence-corrected chi connectivity index (χ2v) is 6.68. The van der Waals surface area contributed by atoms with E-state index in [-0.39, 0.29) is 0 Å². The summed E-state index contributed by atoms with van der Waals surface area (Å²) in [5.41, 5.74) is 3.60. The molecule has 3 aliphatic rings. The fourth-order valence-corrected chi connectivity index (χ4v) is 4.01. The van der Waals surface area contributed by atoms with Gasteiger partial charge in [0.25, 0.3) is 0 Å². The van der Waals surface area contributed by atoms with Gasteiger partial charge in [0, 0.05) is 19.1 Å². The van der Waals surface area contributed by atoms with Gasteiger partial charge in [-0.2, -0.15) is 0 Å². The molecule has 0 aromatic heterocycles. The highest BCUT2D eigenvalue weighted by Crippen LogP contribution is 2.26. The third-order valence-electron chi connectivity index (χ3n) is 5.09. The highest BCUT2D eigenvalue weighted by Gasteiger charge is 2.34. The van der Waals surface area contributed by atoms with Crippen molar-refractivity contribution in [3.63, 3.8) is 0 Å². The highest BCUT2D eigenvalue weighted by atomic mass is 15.7. The number of hydrogen-bond donors (Lipinski definition) is 2. The number of hydrogen-bond acceptors (Lipinski definition) is 4. The van der Waals surface area contributed by atoms with Crippen LogP contribution >= 0.6 is 0 Å². The zero-order valence-corrected chi connectivity index (χ0v) is 12.4. The Kier molecular flexibility index (Phi) is 4.74. The lowest BCUT2D eigenvalue weighted by atomic mass is 9.94. The van der Waals surface area contributed by atoms with Gasteiger partial charge < -0.3 is 0 Å². The monoisotopic (exact) mass is 266 g/mol.